The first-order chi connectivity index (χ1) is 9.81. The molecule has 0 saturated heterocycles. The van der Waals surface area contributed by atoms with Crippen LogP contribution in [0.2, 0.25) is 0 Å². The second-order valence-corrected chi connectivity index (χ2v) is 7.01. The van der Waals surface area contributed by atoms with Gasteiger partial charge in [-0.2, -0.15) is 0 Å². The van der Waals surface area contributed by atoms with E-state index in [1.54, 1.807) is 0 Å². The third-order valence-electron chi connectivity index (χ3n) is 3.29. The van der Waals surface area contributed by atoms with Crippen LogP contribution in [0.5, 0.6) is 0 Å². The van der Waals surface area contributed by atoms with Crippen molar-refractivity contribution in [3.05, 3.63) is 35.4 Å². The number of nitrogens with one attached hydrogen (secondary N) is 1. The Hall–Kier alpha value is -1.49. The van der Waals surface area contributed by atoms with Crippen molar-refractivity contribution in [1.82, 2.24) is 5.32 Å². The van der Waals surface area contributed by atoms with Crippen LogP contribution in [0.1, 0.15) is 31.9 Å². The molecule has 0 radical (unpaired) electrons. The predicted molar refractivity (Wildman–Crippen MR) is 85.3 cm³/mol. The molecule has 5 heteroatoms. The van der Waals surface area contributed by atoms with Crippen LogP contribution in [0.15, 0.2) is 24.3 Å². The summed E-state index contributed by atoms with van der Waals surface area (Å²) in [5, 5.41) is 2.67. The fourth-order valence-electron chi connectivity index (χ4n) is 2.10. The Kier molecular flexibility index (Phi) is 6.75. The molecule has 0 aliphatic heterocycles. The zero-order valence-electron chi connectivity index (χ0n) is 13.0. The molecule has 0 aliphatic rings. The highest BCUT2D eigenvalue weighted by Gasteiger charge is 2.21. The highest BCUT2D eigenvalue weighted by molar-refractivity contribution is 7.84. The number of Topliss-reactive ketones (excluding diaryl/α,β-unsaturated/α-hetero) is 1. The molecular weight excluding hydrogens is 286 g/mol. The standard InChI is InChI=1S/C16H23NO3S/c1-11(2)16(13(4)18)17-15(19)10-21(20)9-14-8-6-5-7-12(14)3/h5-8,11,16H,9-10H2,1-4H3,(H,17,19). The number of carbonyl (C=O) groups is 2. The number of ketones is 1. The van der Waals surface area contributed by atoms with E-state index in [9.17, 15) is 13.8 Å². The number of hydrogen-bond donors (Lipinski definition) is 1. The maximum absolute atomic E-state index is 12.1. The average Bonchev–Trinajstić information content (AvgIpc) is 2.38. The Balaban J connectivity index is 2.57. The van der Waals surface area contributed by atoms with Gasteiger partial charge in [0.25, 0.3) is 0 Å². The lowest BCUT2D eigenvalue weighted by atomic mass is 10.0. The molecule has 0 saturated carbocycles. The van der Waals surface area contributed by atoms with Crippen LogP contribution < -0.4 is 5.32 Å². The Morgan fingerprint density at radius 1 is 1.24 bits per heavy atom. The maximum Gasteiger partial charge on any atom is 0.233 e. The molecule has 0 heterocycles. The number of benzene rings is 1. The number of carbonyl (C=O) groups excluding carboxylic acids is 2. The van der Waals surface area contributed by atoms with E-state index < -0.39 is 16.8 Å². The van der Waals surface area contributed by atoms with E-state index in [4.69, 9.17) is 0 Å². The minimum atomic E-state index is -1.28. The van der Waals surface area contributed by atoms with E-state index >= 15 is 0 Å². The van der Waals surface area contributed by atoms with Crippen LogP contribution in [-0.2, 0) is 26.1 Å². The van der Waals surface area contributed by atoms with E-state index in [1.807, 2.05) is 45.0 Å². The second kappa shape index (κ2) is 8.08. The maximum atomic E-state index is 12.1. The molecule has 2 atom stereocenters. The molecule has 1 rings (SSSR count). The van der Waals surface area contributed by atoms with Crippen LogP contribution in [0.4, 0.5) is 0 Å². The van der Waals surface area contributed by atoms with Gasteiger partial charge in [0.2, 0.25) is 5.91 Å². The Morgan fingerprint density at radius 2 is 1.86 bits per heavy atom. The van der Waals surface area contributed by atoms with Gasteiger partial charge in [-0.1, -0.05) is 38.1 Å². The smallest absolute Gasteiger partial charge is 0.233 e. The van der Waals surface area contributed by atoms with E-state index in [0.717, 1.165) is 11.1 Å². The van der Waals surface area contributed by atoms with E-state index in [-0.39, 0.29) is 23.4 Å². The highest BCUT2D eigenvalue weighted by atomic mass is 32.2. The van der Waals surface area contributed by atoms with Gasteiger partial charge in [0.1, 0.15) is 5.75 Å². The summed E-state index contributed by atoms with van der Waals surface area (Å²) in [5.41, 5.74) is 2.05. The summed E-state index contributed by atoms with van der Waals surface area (Å²) < 4.78 is 12.1. The Labute approximate surface area is 128 Å². The molecule has 0 fully saturated rings. The van der Waals surface area contributed by atoms with Crippen molar-refractivity contribution in [2.75, 3.05) is 5.75 Å². The Morgan fingerprint density at radius 3 is 2.38 bits per heavy atom. The molecular formula is C16H23NO3S. The van der Waals surface area contributed by atoms with Crippen molar-refractivity contribution in [2.45, 2.75) is 39.5 Å². The number of hydrogen-bond acceptors (Lipinski definition) is 3. The topological polar surface area (TPSA) is 63.2 Å². The fraction of sp³-hybridized carbons (Fsp3) is 0.500. The number of aryl methyl sites for hydroxylation is 1. The summed E-state index contributed by atoms with van der Waals surface area (Å²) >= 11 is 0. The van der Waals surface area contributed by atoms with Crippen LogP contribution >= 0.6 is 0 Å². The molecule has 0 aliphatic carbocycles. The highest BCUT2D eigenvalue weighted by Crippen LogP contribution is 2.10. The average molecular weight is 309 g/mol. The van der Waals surface area contributed by atoms with Crippen LogP contribution in [0.25, 0.3) is 0 Å². The molecule has 0 bridgehead atoms. The predicted octanol–water partition coefficient (Wildman–Crippen LogP) is 1.97. The lowest BCUT2D eigenvalue weighted by Gasteiger charge is -2.19. The second-order valence-electron chi connectivity index (χ2n) is 5.55. The molecule has 1 aromatic rings. The van der Waals surface area contributed by atoms with Gasteiger partial charge < -0.3 is 5.32 Å². The normalized spacial score (nSPS) is 13.8. The molecule has 21 heavy (non-hydrogen) atoms. The minimum Gasteiger partial charge on any atom is -0.345 e. The lowest BCUT2D eigenvalue weighted by molar-refractivity contribution is -0.126. The zero-order valence-corrected chi connectivity index (χ0v) is 13.8. The quantitative estimate of drug-likeness (QED) is 0.837. The molecule has 4 nitrogen and oxygen atoms in total. The van der Waals surface area contributed by atoms with Gasteiger partial charge in [-0.05, 0) is 30.9 Å². The summed E-state index contributed by atoms with van der Waals surface area (Å²) in [7, 11) is -1.28. The minimum absolute atomic E-state index is 0.0243. The molecule has 2 unspecified atom stereocenters. The molecule has 1 N–H and O–H groups in total. The summed E-state index contributed by atoms with van der Waals surface area (Å²) in [6, 6.07) is 7.18. The lowest BCUT2D eigenvalue weighted by Crippen LogP contribution is -2.45. The SMILES string of the molecule is CC(=O)C(NC(=O)CS(=O)Cc1ccccc1C)C(C)C. The fourth-order valence-corrected chi connectivity index (χ4v) is 3.24. The molecule has 1 aromatic carbocycles. The first kappa shape index (κ1) is 17.6. The molecule has 1 amide bonds. The molecule has 0 spiro atoms. The first-order valence-electron chi connectivity index (χ1n) is 7.00. The van der Waals surface area contributed by atoms with Gasteiger partial charge in [-0.3, -0.25) is 13.8 Å². The Bertz CT molecular complexity index is 540. The third kappa shape index (κ3) is 5.79. The van der Waals surface area contributed by atoms with Crippen LogP contribution in [0, 0.1) is 12.8 Å². The van der Waals surface area contributed by atoms with Crippen LogP contribution in [0.3, 0.4) is 0 Å². The van der Waals surface area contributed by atoms with Gasteiger partial charge in [-0.25, -0.2) is 0 Å². The summed E-state index contributed by atoms with van der Waals surface area (Å²) in [6.07, 6.45) is 0. The number of rotatable bonds is 7. The van der Waals surface area contributed by atoms with Gasteiger partial charge in [0.15, 0.2) is 5.78 Å². The van der Waals surface area contributed by atoms with Crippen molar-refractivity contribution in [1.29, 1.82) is 0 Å². The van der Waals surface area contributed by atoms with Crippen molar-refractivity contribution < 1.29 is 13.8 Å². The van der Waals surface area contributed by atoms with Gasteiger partial charge in [0.05, 0.1) is 6.04 Å². The zero-order chi connectivity index (χ0) is 16.0. The first-order valence-corrected chi connectivity index (χ1v) is 8.49. The van der Waals surface area contributed by atoms with E-state index in [0.29, 0.717) is 5.75 Å². The van der Waals surface area contributed by atoms with Crippen molar-refractivity contribution in [3.8, 4) is 0 Å². The summed E-state index contributed by atoms with van der Waals surface area (Å²) in [5.74, 6) is -0.118. The van der Waals surface area contributed by atoms with E-state index in [1.165, 1.54) is 6.92 Å². The monoisotopic (exact) mass is 309 g/mol. The van der Waals surface area contributed by atoms with Crippen molar-refractivity contribution in [3.63, 3.8) is 0 Å². The number of amides is 1. The van der Waals surface area contributed by atoms with Crippen molar-refractivity contribution in [2.24, 2.45) is 5.92 Å². The van der Waals surface area contributed by atoms with Crippen molar-refractivity contribution >= 4 is 22.5 Å². The molecule has 0 aromatic heterocycles. The van der Waals surface area contributed by atoms with Gasteiger partial charge in [-0.15, -0.1) is 0 Å². The summed E-state index contributed by atoms with van der Waals surface area (Å²) in [6.45, 7) is 7.15. The van der Waals surface area contributed by atoms with Gasteiger partial charge >= 0.3 is 0 Å². The van der Waals surface area contributed by atoms with Gasteiger partial charge in [0, 0.05) is 16.6 Å². The van der Waals surface area contributed by atoms with Crippen LogP contribution in [-0.4, -0.2) is 27.7 Å². The van der Waals surface area contributed by atoms with E-state index in [2.05, 4.69) is 5.32 Å². The third-order valence-corrected chi connectivity index (χ3v) is 4.51. The molecule has 116 valence electrons. The summed E-state index contributed by atoms with van der Waals surface area (Å²) in [4.78, 5) is 23.3. The largest absolute Gasteiger partial charge is 0.345 e.